The number of para-hydroxylation sites is 1. The largest absolute Gasteiger partial charge is 0.354 e. The van der Waals surface area contributed by atoms with Gasteiger partial charge in [-0.25, -0.2) is 9.97 Å². The van der Waals surface area contributed by atoms with Gasteiger partial charge in [0, 0.05) is 49.5 Å². The van der Waals surface area contributed by atoms with Crippen LogP contribution in [0.3, 0.4) is 0 Å². The van der Waals surface area contributed by atoms with Gasteiger partial charge < -0.3 is 14.8 Å². The Kier molecular flexibility index (Phi) is 4.73. The lowest BCUT2D eigenvalue weighted by Crippen LogP contribution is -2.49. The van der Waals surface area contributed by atoms with Crippen molar-refractivity contribution in [3.63, 3.8) is 0 Å². The van der Waals surface area contributed by atoms with Crippen molar-refractivity contribution in [3.8, 4) is 10.6 Å². The monoisotopic (exact) mass is 403 g/mol. The quantitative estimate of drug-likeness (QED) is 0.566. The first kappa shape index (κ1) is 17.9. The lowest BCUT2D eigenvalue weighted by Gasteiger charge is -2.34. The zero-order chi connectivity index (χ0) is 19.6. The smallest absolute Gasteiger partial charge is 0.227 e. The summed E-state index contributed by atoms with van der Waals surface area (Å²) in [7, 11) is 0. The van der Waals surface area contributed by atoms with Gasteiger partial charge >= 0.3 is 0 Å². The molecule has 1 amide bonds. The first-order valence-corrected chi connectivity index (χ1v) is 10.6. The van der Waals surface area contributed by atoms with E-state index in [9.17, 15) is 4.79 Å². The average molecular weight is 404 g/mol. The molecule has 3 aromatic heterocycles. The molecule has 0 atom stereocenters. The fourth-order valence-electron chi connectivity index (χ4n) is 3.89. The Morgan fingerprint density at radius 2 is 1.79 bits per heavy atom. The second-order valence-electron chi connectivity index (χ2n) is 7.09. The minimum atomic E-state index is 0.168. The SMILES string of the molecule is O=C(Cc1c(-c2cccs2)[nH]c2ccccc12)N1CCN(c2ncccn2)CC1. The van der Waals surface area contributed by atoms with Crippen molar-refractivity contribution in [2.24, 2.45) is 0 Å². The van der Waals surface area contributed by atoms with Crippen molar-refractivity contribution in [2.45, 2.75) is 6.42 Å². The molecule has 1 aliphatic rings. The van der Waals surface area contributed by atoms with Crippen LogP contribution in [0.15, 0.2) is 60.2 Å². The maximum absolute atomic E-state index is 13.1. The van der Waals surface area contributed by atoms with Crippen LogP contribution in [0.25, 0.3) is 21.5 Å². The number of anilines is 1. The van der Waals surface area contributed by atoms with Gasteiger partial charge in [-0.2, -0.15) is 0 Å². The molecule has 4 aromatic rings. The molecule has 1 aromatic carbocycles. The predicted molar refractivity (Wildman–Crippen MR) is 116 cm³/mol. The fraction of sp³-hybridized carbons (Fsp3) is 0.227. The zero-order valence-electron chi connectivity index (χ0n) is 15.9. The highest BCUT2D eigenvalue weighted by Crippen LogP contribution is 2.33. The minimum Gasteiger partial charge on any atom is -0.354 e. The number of H-pyrrole nitrogens is 1. The van der Waals surface area contributed by atoms with Crippen LogP contribution in [-0.4, -0.2) is 51.9 Å². The highest BCUT2D eigenvalue weighted by atomic mass is 32.1. The third-order valence-electron chi connectivity index (χ3n) is 5.38. The lowest BCUT2D eigenvalue weighted by molar-refractivity contribution is -0.130. The molecule has 0 spiro atoms. The summed E-state index contributed by atoms with van der Waals surface area (Å²) in [5, 5.41) is 3.19. The van der Waals surface area contributed by atoms with Crippen LogP contribution in [0.5, 0.6) is 0 Å². The van der Waals surface area contributed by atoms with E-state index >= 15 is 0 Å². The number of hydrogen-bond acceptors (Lipinski definition) is 5. The third kappa shape index (κ3) is 3.49. The predicted octanol–water partition coefficient (Wildman–Crippen LogP) is 3.58. The number of aromatic amines is 1. The number of aromatic nitrogens is 3. The number of nitrogens with zero attached hydrogens (tertiary/aromatic N) is 4. The molecule has 0 saturated carbocycles. The molecular formula is C22H21N5OS. The highest BCUT2D eigenvalue weighted by molar-refractivity contribution is 7.13. The maximum atomic E-state index is 13.1. The average Bonchev–Trinajstić information content (AvgIpc) is 3.43. The highest BCUT2D eigenvalue weighted by Gasteiger charge is 2.24. The number of carbonyl (C=O) groups excluding carboxylic acids is 1. The third-order valence-corrected chi connectivity index (χ3v) is 6.26. The Balaban J connectivity index is 1.35. The first-order valence-electron chi connectivity index (χ1n) is 9.73. The van der Waals surface area contributed by atoms with Gasteiger partial charge in [0.25, 0.3) is 0 Å². The molecule has 5 rings (SSSR count). The van der Waals surface area contributed by atoms with E-state index in [4.69, 9.17) is 0 Å². The van der Waals surface area contributed by atoms with Crippen molar-refractivity contribution in [1.29, 1.82) is 0 Å². The van der Waals surface area contributed by atoms with Crippen molar-refractivity contribution in [3.05, 3.63) is 65.8 Å². The number of thiophene rings is 1. The molecule has 0 unspecified atom stereocenters. The van der Waals surface area contributed by atoms with E-state index in [1.54, 1.807) is 23.7 Å². The molecule has 1 N–H and O–H groups in total. The van der Waals surface area contributed by atoms with Crippen molar-refractivity contribution in [2.75, 3.05) is 31.1 Å². The number of amides is 1. The minimum absolute atomic E-state index is 0.168. The molecule has 0 radical (unpaired) electrons. The van der Waals surface area contributed by atoms with E-state index in [-0.39, 0.29) is 5.91 Å². The summed E-state index contributed by atoms with van der Waals surface area (Å²) in [4.78, 5) is 30.5. The van der Waals surface area contributed by atoms with Crippen LogP contribution >= 0.6 is 11.3 Å². The van der Waals surface area contributed by atoms with E-state index in [0.717, 1.165) is 46.1 Å². The second kappa shape index (κ2) is 7.67. The molecule has 1 saturated heterocycles. The van der Waals surface area contributed by atoms with E-state index in [2.05, 4.69) is 43.4 Å². The molecule has 0 bridgehead atoms. The molecule has 6 nitrogen and oxygen atoms in total. The van der Waals surface area contributed by atoms with Crippen LogP contribution in [0, 0.1) is 0 Å². The Bertz CT molecular complexity index is 1110. The molecule has 146 valence electrons. The van der Waals surface area contributed by atoms with E-state index in [1.807, 2.05) is 29.2 Å². The zero-order valence-corrected chi connectivity index (χ0v) is 16.7. The summed E-state index contributed by atoms with van der Waals surface area (Å²) in [6, 6.07) is 14.2. The van der Waals surface area contributed by atoms with Crippen molar-refractivity contribution in [1.82, 2.24) is 19.9 Å². The normalized spacial score (nSPS) is 14.5. The van der Waals surface area contributed by atoms with E-state index in [1.165, 1.54) is 0 Å². The Morgan fingerprint density at radius 3 is 2.55 bits per heavy atom. The van der Waals surface area contributed by atoms with Crippen LogP contribution in [0.1, 0.15) is 5.56 Å². The molecule has 4 heterocycles. The summed E-state index contributed by atoms with van der Waals surface area (Å²) in [5.41, 5.74) is 3.22. The van der Waals surface area contributed by atoms with Gasteiger partial charge in [-0.05, 0) is 29.1 Å². The Morgan fingerprint density at radius 1 is 1.00 bits per heavy atom. The summed E-state index contributed by atoms with van der Waals surface area (Å²) in [5.74, 6) is 0.900. The van der Waals surface area contributed by atoms with Gasteiger partial charge in [-0.3, -0.25) is 4.79 Å². The van der Waals surface area contributed by atoms with Crippen LogP contribution < -0.4 is 4.90 Å². The summed E-state index contributed by atoms with van der Waals surface area (Å²) in [6.07, 6.45) is 3.91. The molecule has 0 aliphatic carbocycles. The number of piperazine rings is 1. The second-order valence-corrected chi connectivity index (χ2v) is 8.04. The summed E-state index contributed by atoms with van der Waals surface area (Å²) >= 11 is 1.69. The molecule has 1 aliphatic heterocycles. The molecule has 29 heavy (non-hydrogen) atoms. The van der Waals surface area contributed by atoms with Gasteiger partial charge in [0.1, 0.15) is 0 Å². The van der Waals surface area contributed by atoms with Gasteiger partial charge in [0.05, 0.1) is 17.0 Å². The Hall–Kier alpha value is -3.19. The number of carbonyl (C=O) groups is 1. The van der Waals surface area contributed by atoms with Crippen molar-refractivity contribution < 1.29 is 4.79 Å². The number of hydrogen-bond donors (Lipinski definition) is 1. The molecular weight excluding hydrogens is 382 g/mol. The fourth-order valence-corrected chi connectivity index (χ4v) is 4.64. The topological polar surface area (TPSA) is 65.1 Å². The van der Waals surface area contributed by atoms with Gasteiger partial charge in [-0.1, -0.05) is 24.3 Å². The molecule has 1 fully saturated rings. The van der Waals surface area contributed by atoms with Gasteiger partial charge in [0.15, 0.2) is 0 Å². The van der Waals surface area contributed by atoms with E-state index < -0.39 is 0 Å². The molecule has 7 heteroatoms. The number of fused-ring (bicyclic) bond motifs is 1. The lowest BCUT2D eigenvalue weighted by atomic mass is 10.1. The van der Waals surface area contributed by atoms with E-state index in [0.29, 0.717) is 19.5 Å². The standard InChI is InChI=1S/C22H21N5OS/c28-20(26-10-12-27(13-11-26)22-23-8-4-9-24-22)15-17-16-5-1-2-6-18(16)25-21(17)19-7-3-14-29-19/h1-9,14,25H,10-13,15H2. The van der Waals surface area contributed by atoms with Crippen LogP contribution in [0.4, 0.5) is 5.95 Å². The first-order chi connectivity index (χ1) is 14.3. The maximum Gasteiger partial charge on any atom is 0.227 e. The van der Waals surface area contributed by atoms with Crippen LogP contribution in [0.2, 0.25) is 0 Å². The van der Waals surface area contributed by atoms with Crippen LogP contribution in [-0.2, 0) is 11.2 Å². The van der Waals surface area contributed by atoms with Gasteiger partial charge in [0.2, 0.25) is 11.9 Å². The van der Waals surface area contributed by atoms with Gasteiger partial charge in [-0.15, -0.1) is 11.3 Å². The summed E-state index contributed by atoms with van der Waals surface area (Å²) in [6.45, 7) is 2.88. The summed E-state index contributed by atoms with van der Waals surface area (Å²) < 4.78 is 0. The number of benzene rings is 1. The number of rotatable bonds is 4. The van der Waals surface area contributed by atoms with Crippen molar-refractivity contribution >= 4 is 34.1 Å². The number of nitrogens with one attached hydrogen (secondary N) is 1. The Labute approximate surface area is 172 Å².